The largest absolute Gasteiger partial charge is 0.496 e. The fraction of sp³-hybridized carbons (Fsp3) is 0.286. The summed E-state index contributed by atoms with van der Waals surface area (Å²) in [5, 5.41) is 12.2. The van der Waals surface area contributed by atoms with Crippen molar-refractivity contribution in [2.45, 2.75) is 38.6 Å². The molecule has 35 heavy (non-hydrogen) atoms. The van der Waals surface area contributed by atoms with E-state index in [1.807, 2.05) is 61.5 Å². The molecule has 0 saturated carbocycles. The average molecular weight is 478 g/mol. The monoisotopic (exact) mass is 477 g/mol. The summed E-state index contributed by atoms with van der Waals surface area (Å²) >= 11 is 0. The summed E-state index contributed by atoms with van der Waals surface area (Å²) in [4.78, 5) is 24.3. The van der Waals surface area contributed by atoms with Gasteiger partial charge in [-0.25, -0.2) is 0 Å². The molecule has 0 aliphatic rings. The van der Waals surface area contributed by atoms with E-state index in [0.29, 0.717) is 35.1 Å². The third-order valence-corrected chi connectivity index (χ3v) is 5.67. The highest BCUT2D eigenvalue weighted by atomic mass is 16.5. The molecule has 184 valence electrons. The Kier molecular flexibility index (Phi) is 9.12. The van der Waals surface area contributed by atoms with E-state index in [2.05, 4.69) is 5.32 Å². The number of hydrogen-bond acceptors (Lipinski definition) is 5. The summed E-state index contributed by atoms with van der Waals surface area (Å²) in [6.45, 7) is 2.33. The number of nitrogens with one attached hydrogen (secondary N) is 1. The Morgan fingerprint density at radius 1 is 0.914 bits per heavy atom. The minimum absolute atomic E-state index is 0.0184. The van der Waals surface area contributed by atoms with Crippen molar-refractivity contribution in [2.75, 3.05) is 14.2 Å². The van der Waals surface area contributed by atoms with E-state index in [1.165, 1.54) is 7.11 Å². The number of ether oxygens (including phenoxy) is 3. The van der Waals surface area contributed by atoms with Gasteiger partial charge in [-0.3, -0.25) is 9.59 Å². The van der Waals surface area contributed by atoms with E-state index in [1.54, 1.807) is 19.2 Å². The minimum Gasteiger partial charge on any atom is -0.496 e. The molecule has 0 fully saturated rings. The molecule has 0 heterocycles. The Balaban J connectivity index is 1.68. The zero-order valence-electron chi connectivity index (χ0n) is 20.2. The second-order valence-electron chi connectivity index (χ2n) is 8.12. The average Bonchev–Trinajstić information content (AvgIpc) is 2.87. The Hall–Kier alpha value is -4.00. The van der Waals surface area contributed by atoms with Gasteiger partial charge in [0, 0.05) is 6.54 Å². The SMILES string of the molecule is CCC[C@@H](CC(=O)O)c1ccc(OC)c(C(=O)NCc2ccc(Oc3ccccc3OC)cc2)c1. The molecule has 0 unspecified atom stereocenters. The van der Waals surface area contributed by atoms with Crippen molar-refractivity contribution >= 4 is 11.9 Å². The molecule has 2 N–H and O–H groups in total. The maximum absolute atomic E-state index is 13.0. The molecule has 0 spiro atoms. The van der Waals surface area contributed by atoms with Gasteiger partial charge < -0.3 is 24.6 Å². The Bertz CT molecular complexity index is 1140. The molecular formula is C28H31NO6. The summed E-state index contributed by atoms with van der Waals surface area (Å²) in [5.41, 5.74) is 2.10. The van der Waals surface area contributed by atoms with Crippen molar-refractivity contribution in [1.82, 2.24) is 5.32 Å². The molecule has 3 rings (SSSR count). The molecule has 0 radical (unpaired) electrons. The maximum Gasteiger partial charge on any atom is 0.303 e. The topological polar surface area (TPSA) is 94.1 Å². The standard InChI is InChI=1S/C28H31NO6/c1-4-7-20(17-27(30)31)21-12-15-24(33-2)23(16-21)28(32)29-18-19-10-13-22(14-11-19)35-26-9-6-5-8-25(26)34-3/h5-6,8-16,20H,4,7,17-18H2,1-3H3,(H,29,32)(H,30,31)/t20-/m0/s1. The van der Waals surface area contributed by atoms with Crippen LogP contribution in [0.25, 0.3) is 0 Å². The lowest BCUT2D eigenvalue weighted by atomic mass is 9.90. The van der Waals surface area contributed by atoms with Gasteiger partial charge in [0.15, 0.2) is 11.5 Å². The molecule has 7 nitrogen and oxygen atoms in total. The Labute approximate surface area is 205 Å². The van der Waals surface area contributed by atoms with Gasteiger partial charge in [0.1, 0.15) is 11.5 Å². The molecule has 3 aromatic carbocycles. The van der Waals surface area contributed by atoms with Crippen LogP contribution in [-0.2, 0) is 11.3 Å². The summed E-state index contributed by atoms with van der Waals surface area (Å²) in [6, 6.07) is 20.1. The van der Waals surface area contributed by atoms with Crippen LogP contribution < -0.4 is 19.5 Å². The van der Waals surface area contributed by atoms with Crippen molar-refractivity contribution in [3.8, 4) is 23.0 Å². The second kappa shape index (κ2) is 12.5. The zero-order valence-corrected chi connectivity index (χ0v) is 20.2. The summed E-state index contributed by atoms with van der Waals surface area (Å²) < 4.78 is 16.6. The highest BCUT2D eigenvalue weighted by Crippen LogP contribution is 2.31. The van der Waals surface area contributed by atoms with Gasteiger partial charge in [-0.1, -0.05) is 43.7 Å². The molecular weight excluding hydrogens is 446 g/mol. The van der Waals surface area contributed by atoms with Gasteiger partial charge in [-0.05, 0) is 59.9 Å². The van der Waals surface area contributed by atoms with Gasteiger partial charge in [0.25, 0.3) is 5.91 Å². The molecule has 1 amide bonds. The lowest BCUT2D eigenvalue weighted by molar-refractivity contribution is -0.137. The van der Waals surface area contributed by atoms with Crippen molar-refractivity contribution in [2.24, 2.45) is 0 Å². The van der Waals surface area contributed by atoms with Crippen molar-refractivity contribution < 1.29 is 28.9 Å². The van der Waals surface area contributed by atoms with Crippen LogP contribution in [-0.4, -0.2) is 31.2 Å². The number of carboxylic acid groups (broad SMARTS) is 1. The predicted molar refractivity (Wildman–Crippen MR) is 134 cm³/mol. The Morgan fingerprint density at radius 2 is 1.60 bits per heavy atom. The van der Waals surface area contributed by atoms with Crippen LogP contribution in [0.4, 0.5) is 0 Å². The van der Waals surface area contributed by atoms with Crippen LogP contribution in [0.3, 0.4) is 0 Å². The smallest absolute Gasteiger partial charge is 0.303 e. The first kappa shape index (κ1) is 25.6. The predicted octanol–water partition coefficient (Wildman–Crippen LogP) is 5.78. The first-order valence-electron chi connectivity index (χ1n) is 11.5. The molecule has 0 bridgehead atoms. The number of rotatable bonds is 12. The lowest BCUT2D eigenvalue weighted by Gasteiger charge is -2.17. The van der Waals surface area contributed by atoms with E-state index in [4.69, 9.17) is 14.2 Å². The number of benzene rings is 3. The lowest BCUT2D eigenvalue weighted by Crippen LogP contribution is -2.23. The van der Waals surface area contributed by atoms with Gasteiger partial charge >= 0.3 is 5.97 Å². The van der Waals surface area contributed by atoms with Gasteiger partial charge in [-0.15, -0.1) is 0 Å². The first-order valence-corrected chi connectivity index (χ1v) is 11.5. The minimum atomic E-state index is -0.858. The van der Waals surface area contributed by atoms with Crippen LogP contribution in [0.1, 0.15) is 53.6 Å². The Morgan fingerprint density at radius 3 is 2.23 bits per heavy atom. The van der Waals surface area contributed by atoms with Crippen LogP contribution in [0, 0.1) is 0 Å². The van der Waals surface area contributed by atoms with E-state index in [0.717, 1.165) is 24.0 Å². The number of carbonyl (C=O) groups excluding carboxylic acids is 1. The number of amides is 1. The second-order valence-corrected chi connectivity index (χ2v) is 8.12. The van der Waals surface area contributed by atoms with Crippen LogP contribution >= 0.6 is 0 Å². The summed E-state index contributed by atoms with van der Waals surface area (Å²) in [5.74, 6) is 1.05. The molecule has 3 aromatic rings. The first-order chi connectivity index (χ1) is 16.9. The fourth-order valence-electron chi connectivity index (χ4n) is 3.89. The third-order valence-electron chi connectivity index (χ3n) is 5.67. The van der Waals surface area contributed by atoms with Crippen molar-refractivity contribution in [3.05, 3.63) is 83.4 Å². The van der Waals surface area contributed by atoms with Crippen molar-refractivity contribution in [1.29, 1.82) is 0 Å². The van der Waals surface area contributed by atoms with Crippen LogP contribution in [0.5, 0.6) is 23.0 Å². The van der Waals surface area contributed by atoms with Gasteiger partial charge in [0.2, 0.25) is 0 Å². The van der Waals surface area contributed by atoms with Crippen LogP contribution in [0.2, 0.25) is 0 Å². The quantitative estimate of drug-likeness (QED) is 0.343. The third kappa shape index (κ3) is 6.99. The normalized spacial score (nSPS) is 11.4. The van der Waals surface area contributed by atoms with Crippen LogP contribution in [0.15, 0.2) is 66.7 Å². The highest BCUT2D eigenvalue weighted by molar-refractivity contribution is 5.97. The molecule has 1 atom stereocenters. The van der Waals surface area contributed by atoms with E-state index in [-0.39, 0.29) is 18.2 Å². The number of para-hydroxylation sites is 2. The molecule has 0 aliphatic heterocycles. The molecule has 0 saturated heterocycles. The highest BCUT2D eigenvalue weighted by Gasteiger charge is 2.19. The number of aliphatic carboxylic acids is 1. The van der Waals surface area contributed by atoms with E-state index >= 15 is 0 Å². The number of methoxy groups -OCH3 is 2. The number of hydrogen-bond donors (Lipinski definition) is 2. The van der Waals surface area contributed by atoms with Gasteiger partial charge in [0.05, 0.1) is 26.2 Å². The number of carboxylic acids is 1. The summed E-state index contributed by atoms with van der Waals surface area (Å²) in [6.07, 6.45) is 1.59. The van der Waals surface area contributed by atoms with E-state index < -0.39 is 5.97 Å². The molecule has 0 aromatic heterocycles. The molecule has 7 heteroatoms. The summed E-state index contributed by atoms with van der Waals surface area (Å²) in [7, 11) is 3.10. The van der Waals surface area contributed by atoms with Gasteiger partial charge in [-0.2, -0.15) is 0 Å². The van der Waals surface area contributed by atoms with Crippen molar-refractivity contribution in [3.63, 3.8) is 0 Å². The van der Waals surface area contributed by atoms with E-state index in [9.17, 15) is 14.7 Å². The molecule has 0 aliphatic carbocycles. The number of carbonyl (C=O) groups is 2. The fourth-order valence-corrected chi connectivity index (χ4v) is 3.89. The zero-order chi connectivity index (χ0) is 25.2. The maximum atomic E-state index is 13.0.